The molecule has 0 spiro atoms. The van der Waals surface area contributed by atoms with Gasteiger partial charge in [0.15, 0.2) is 0 Å². The van der Waals surface area contributed by atoms with Crippen molar-refractivity contribution in [1.82, 2.24) is 19.1 Å². The van der Waals surface area contributed by atoms with Crippen LogP contribution in [0.5, 0.6) is 0 Å². The maximum absolute atomic E-state index is 5.07. The summed E-state index contributed by atoms with van der Waals surface area (Å²) in [4.78, 5) is 15.3. The van der Waals surface area contributed by atoms with E-state index in [1.807, 2.05) is 0 Å². The van der Waals surface area contributed by atoms with Crippen molar-refractivity contribution in [2.45, 2.75) is 74.0 Å². The highest BCUT2D eigenvalue weighted by molar-refractivity contribution is 8.34. The average molecular weight is 813 g/mol. The Labute approximate surface area is 360 Å². The molecule has 302 valence electrons. The van der Waals surface area contributed by atoms with Crippen LogP contribution in [0.25, 0.3) is 55.0 Å². The zero-order valence-corrected chi connectivity index (χ0v) is 36.7. The Hall–Kier alpha value is -6.43. The van der Waals surface area contributed by atoms with Gasteiger partial charge in [-0.15, -0.1) is 10.0 Å². The molecule has 0 saturated carbocycles. The fourth-order valence-corrected chi connectivity index (χ4v) is 13.2. The molecule has 0 aliphatic rings. The molecule has 0 aliphatic heterocycles. The highest BCUT2D eigenvalue weighted by Gasteiger charge is 2.35. The van der Waals surface area contributed by atoms with E-state index in [1.165, 1.54) is 52.2 Å². The summed E-state index contributed by atoms with van der Waals surface area (Å²) in [5, 5.41) is 4.92. The molecule has 4 nitrogen and oxygen atoms in total. The second-order valence-electron chi connectivity index (χ2n) is 18.8. The van der Waals surface area contributed by atoms with Crippen LogP contribution in [0, 0.1) is 10.8 Å². The second kappa shape index (κ2) is 14.9. The minimum absolute atomic E-state index is 0.107. The van der Waals surface area contributed by atoms with Gasteiger partial charge in [-0.3, -0.25) is 9.97 Å². The molecule has 0 fully saturated rings. The second-order valence-corrected chi connectivity index (χ2v) is 21.9. The molecule has 4 aromatic heterocycles. The predicted octanol–water partition coefficient (Wildman–Crippen LogP) is 15.2. The molecular weight excluding hydrogens is 761 g/mol. The van der Waals surface area contributed by atoms with E-state index in [-0.39, 0.29) is 10.8 Å². The Morgan fingerprint density at radius 3 is 1.08 bits per heavy atom. The van der Waals surface area contributed by atoms with Gasteiger partial charge < -0.3 is 9.13 Å². The normalized spacial score (nSPS) is 12.8. The zero-order valence-electron chi connectivity index (χ0n) is 35.9. The lowest BCUT2D eigenvalue weighted by Gasteiger charge is -2.42. The van der Waals surface area contributed by atoms with E-state index in [2.05, 4.69) is 233 Å². The molecule has 0 N–H and O–H groups in total. The molecule has 0 radical (unpaired) electrons. The Balaban J connectivity index is 1.31. The fourth-order valence-electron chi connectivity index (χ4n) is 9.32. The Kier molecular flexibility index (Phi) is 9.49. The van der Waals surface area contributed by atoms with Gasteiger partial charge in [-0.2, -0.15) is 0 Å². The summed E-state index contributed by atoms with van der Waals surface area (Å²) >= 11 is 0. The number of rotatable bonds is 8. The van der Waals surface area contributed by atoms with Crippen molar-refractivity contribution in [3.05, 3.63) is 194 Å². The van der Waals surface area contributed by atoms with Gasteiger partial charge in [0.25, 0.3) is 0 Å². The summed E-state index contributed by atoms with van der Waals surface area (Å²) in [6.45, 7) is 13.7. The molecule has 0 bridgehead atoms. The molecule has 4 heterocycles. The van der Waals surface area contributed by atoms with E-state index < -0.39 is 10.0 Å². The minimum Gasteiger partial charge on any atom is -0.308 e. The molecular formula is C56H52N4S. The molecule has 0 saturated heterocycles. The number of aromatic nitrogens is 4. The molecule has 0 amide bonds. The smallest absolute Gasteiger partial charge is 0.0724 e. The minimum atomic E-state index is -2.07. The van der Waals surface area contributed by atoms with Gasteiger partial charge in [-0.05, 0) is 121 Å². The number of benzene rings is 6. The van der Waals surface area contributed by atoms with Crippen LogP contribution in [-0.4, -0.2) is 19.1 Å². The lowest BCUT2D eigenvalue weighted by atomic mass is 9.90. The van der Waals surface area contributed by atoms with Crippen molar-refractivity contribution in [3.8, 4) is 11.4 Å². The number of nitrogens with zero attached hydrogens (tertiary/aromatic N) is 4. The van der Waals surface area contributed by atoms with Gasteiger partial charge in [0, 0.05) is 63.9 Å². The standard InChI is InChI=1S/C56H52N4S/c1-55(2,3)35-39-31-47-49-33-45(27-29-51(49)59(53(47)37-57-39)41-19-11-7-12-20-41)61(43-23-15-9-16-24-43,44-25-17-10-18-26-44)46-28-30-52-50(34-46)48-32-40(36-56(4,5)6)58-38-54(48)60(52)42-21-13-8-14-22-42/h7-34,37-38H,35-36H2,1-6H3. The van der Waals surface area contributed by atoms with Crippen LogP contribution < -0.4 is 0 Å². The molecule has 5 heteroatoms. The SMILES string of the molecule is CC(C)(C)Cc1cc2c3cc(S(c4ccccc4)(c4ccccc4)c4ccc5c(c4)c4cc(CC(C)(C)C)ncc4n5-c4ccccc4)ccc3n(-c3ccccc3)c2cn1. The molecule has 0 unspecified atom stereocenters. The molecule has 10 rings (SSSR count). The van der Waals surface area contributed by atoms with Crippen molar-refractivity contribution in [3.63, 3.8) is 0 Å². The first-order valence-corrected chi connectivity index (χ1v) is 23.0. The van der Waals surface area contributed by atoms with Gasteiger partial charge in [0.2, 0.25) is 0 Å². The van der Waals surface area contributed by atoms with E-state index >= 15 is 0 Å². The third-order valence-electron chi connectivity index (χ3n) is 11.7. The third-order valence-corrected chi connectivity index (χ3v) is 15.6. The average Bonchev–Trinajstić information content (AvgIpc) is 3.76. The van der Waals surface area contributed by atoms with Crippen molar-refractivity contribution >= 4 is 53.6 Å². The van der Waals surface area contributed by atoms with Crippen LogP contribution in [0.15, 0.2) is 202 Å². The maximum Gasteiger partial charge on any atom is 0.0724 e. The first-order chi connectivity index (χ1) is 29.5. The maximum atomic E-state index is 5.07. The molecule has 6 aromatic carbocycles. The highest BCUT2D eigenvalue weighted by atomic mass is 32.3. The predicted molar refractivity (Wildman–Crippen MR) is 257 cm³/mol. The number of hydrogen-bond donors (Lipinski definition) is 0. The van der Waals surface area contributed by atoms with Crippen LogP contribution in [0.4, 0.5) is 0 Å². The van der Waals surface area contributed by atoms with Gasteiger partial charge in [0.05, 0.1) is 34.5 Å². The lowest BCUT2D eigenvalue weighted by molar-refractivity contribution is 0.406. The topological polar surface area (TPSA) is 35.6 Å². The highest BCUT2D eigenvalue weighted by Crippen LogP contribution is 2.74. The van der Waals surface area contributed by atoms with Crippen molar-refractivity contribution in [1.29, 1.82) is 0 Å². The first-order valence-electron chi connectivity index (χ1n) is 21.4. The van der Waals surface area contributed by atoms with Crippen LogP contribution in [0.2, 0.25) is 0 Å². The summed E-state index contributed by atoms with van der Waals surface area (Å²) in [5.74, 6) is 0. The summed E-state index contributed by atoms with van der Waals surface area (Å²) in [6.07, 6.45) is 5.98. The largest absolute Gasteiger partial charge is 0.308 e. The van der Waals surface area contributed by atoms with Crippen molar-refractivity contribution in [2.75, 3.05) is 0 Å². The van der Waals surface area contributed by atoms with E-state index in [1.54, 1.807) is 0 Å². The summed E-state index contributed by atoms with van der Waals surface area (Å²) < 4.78 is 4.77. The molecule has 61 heavy (non-hydrogen) atoms. The third kappa shape index (κ3) is 6.91. The Morgan fingerprint density at radius 1 is 0.377 bits per heavy atom. The van der Waals surface area contributed by atoms with E-state index in [0.29, 0.717) is 0 Å². The lowest BCUT2D eigenvalue weighted by Crippen LogP contribution is -2.10. The van der Waals surface area contributed by atoms with Crippen LogP contribution >= 0.6 is 10.0 Å². The summed E-state index contributed by atoms with van der Waals surface area (Å²) in [7, 11) is -2.07. The van der Waals surface area contributed by atoms with Gasteiger partial charge in [-0.1, -0.05) is 114 Å². The van der Waals surface area contributed by atoms with Crippen molar-refractivity contribution < 1.29 is 0 Å². The van der Waals surface area contributed by atoms with E-state index in [9.17, 15) is 0 Å². The van der Waals surface area contributed by atoms with E-state index in [4.69, 9.17) is 9.97 Å². The Bertz CT molecular complexity index is 2970. The van der Waals surface area contributed by atoms with Crippen molar-refractivity contribution in [2.24, 2.45) is 10.8 Å². The van der Waals surface area contributed by atoms with Crippen LogP contribution in [0.1, 0.15) is 52.9 Å². The molecule has 10 aromatic rings. The van der Waals surface area contributed by atoms with Crippen LogP contribution in [-0.2, 0) is 12.8 Å². The number of hydrogen-bond acceptors (Lipinski definition) is 2. The summed E-state index contributed by atoms with van der Waals surface area (Å²) in [6, 6.07) is 63.1. The Morgan fingerprint density at radius 2 is 0.721 bits per heavy atom. The number of para-hydroxylation sites is 2. The van der Waals surface area contributed by atoms with Crippen LogP contribution in [0.3, 0.4) is 0 Å². The monoisotopic (exact) mass is 812 g/mol. The quantitative estimate of drug-likeness (QED) is 0.153. The number of fused-ring (bicyclic) bond motifs is 6. The fraction of sp³-hybridized carbons (Fsp3) is 0.179. The molecule has 0 aliphatic carbocycles. The summed E-state index contributed by atoms with van der Waals surface area (Å²) in [5.41, 5.74) is 9.29. The first kappa shape index (κ1) is 38.8. The van der Waals surface area contributed by atoms with E-state index in [0.717, 1.165) is 46.6 Å². The van der Waals surface area contributed by atoms with Gasteiger partial charge in [0.1, 0.15) is 0 Å². The van der Waals surface area contributed by atoms with Gasteiger partial charge >= 0.3 is 0 Å². The number of pyridine rings is 2. The molecule has 0 atom stereocenters. The zero-order chi connectivity index (χ0) is 41.9. The van der Waals surface area contributed by atoms with Gasteiger partial charge in [-0.25, -0.2) is 0 Å².